The van der Waals surface area contributed by atoms with Crippen LogP contribution in [0.3, 0.4) is 0 Å². The average molecular weight is 631 g/mol. The first kappa shape index (κ1) is 28.1. The molecule has 6 aliphatic rings. The molecule has 5 aliphatic heterocycles. The number of pyridine rings is 1. The summed E-state index contributed by atoms with van der Waals surface area (Å²) < 4.78 is 43.6. The Morgan fingerprint density at radius 1 is 1.17 bits per heavy atom. The summed E-state index contributed by atoms with van der Waals surface area (Å²) >= 11 is 0. The van der Waals surface area contributed by atoms with Gasteiger partial charge < -0.3 is 19.7 Å². The van der Waals surface area contributed by atoms with Crippen molar-refractivity contribution in [1.29, 1.82) is 0 Å². The minimum absolute atomic E-state index is 0.0498. The van der Waals surface area contributed by atoms with E-state index in [0.29, 0.717) is 55.7 Å². The third-order valence-corrected chi connectivity index (χ3v) is 11.0. The van der Waals surface area contributed by atoms with Crippen molar-refractivity contribution in [3.63, 3.8) is 0 Å². The minimum Gasteiger partial charge on any atom is -0.461 e. The lowest BCUT2D eigenvalue weighted by Crippen LogP contribution is -2.48. The Morgan fingerprint density at radius 2 is 2.09 bits per heavy atom. The molecule has 0 unspecified atom stereocenters. The van der Waals surface area contributed by atoms with E-state index in [1.165, 1.54) is 0 Å². The molecule has 0 radical (unpaired) electrons. The van der Waals surface area contributed by atoms with Crippen LogP contribution >= 0.6 is 0 Å². The fraction of sp³-hybridized carbons (Fsp3) is 0.545. The summed E-state index contributed by atoms with van der Waals surface area (Å²) in [5, 5.41) is 11.7. The summed E-state index contributed by atoms with van der Waals surface area (Å²) in [5.74, 6) is -0.000646. The molecule has 13 heteroatoms. The third-order valence-electron chi connectivity index (χ3n) is 11.0. The summed E-state index contributed by atoms with van der Waals surface area (Å²) in [6.45, 7) is 4.70. The number of alkyl halides is 1. The number of aryl methyl sites for hydroxylation is 1. The van der Waals surface area contributed by atoms with Gasteiger partial charge in [-0.15, -0.1) is 0 Å². The number of anilines is 1. The molecule has 6 bridgehead atoms. The average Bonchev–Trinajstić information content (AvgIpc) is 3.85. The number of hydrogen-bond acceptors (Lipinski definition) is 9. The predicted octanol–water partition coefficient (Wildman–Crippen LogP) is 4.79. The van der Waals surface area contributed by atoms with Crippen LogP contribution in [0.2, 0.25) is 0 Å². The van der Waals surface area contributed by atoms with Crippen LogP contribution in [-0.2, 0) is 11.2 Å². The molecule has 4 aromatic rings. The number of nitrogens with one attached hydrogen (secondary N) is 2. The van der Waals surface area contributed by atoms with Gasteiger partial charge in [0.05, 0.1) is 34.8 Å². The predicted molar refractivity (Wildman–Crippen MR) is 166 cm³/mol. The highest BCUT2D eigenvalue weighted by molar-refractivity contribution is 6.00. The number of halogens is 2. The number of fused-ring (bicyclic) bond motifs is 7. The van der Waals surface area contributed by atoms with E-state index in [4.69, 9.17) is 19.4 Å². The SMILES string of the molecule is C[C@@]12CCN(C1)c1nc(OC[C@@]34CCCN3C[C@H](F)C4)nc3c(F)c(ncc13)-c1c3c(cc4[nH]ncc14)CC[C@@H]3CCOC(=O)N2. The second-order valence-corrected chi connectivity index (χ2v) is 14.0. The number of hydrogen-bond donors (Lipinski definition) is 2. The standard InChI is InChI=1S/C33H36F2N8O3/c1-32-7-9-42(16-32)29-22-13-36-28(26(35)27(22)38-30(39-29)46-17-33-6-2-8-43(33)15-20(34)12-33)25-21-14-37-41-23(21)11-19-4-3-18(24(19)25)5-10-45-31(44)40-32/h11,13-14,18,20H,2-10,12,15-17H2,1H3,(H,37,41)(H,40,44)/t18-,20-,32-,33+/m1/s1. The fourth-order valence-corrected chi connectivity index (χ4v) is 8.82. The van der Waals surface area contributed by atoms with Crippen molar-refractivity contribution in [3.8, 4) is 17.3 Å². The number of carbonyl (C=O) groups excluding carboxylic acids is 1. The molecule has 0 saturated carbocycles. The Morgan fingerprint density at radius 3 is 3.00 bits per heavy atom. The summed E-state index contributed by atoms with van der Waals surface area (Å²) in [5.41, 5.74) is 2.96. The number of carbonyl (C=O) groups is 1. The van der Waals surface area contributed by atoms with E-state index >= 15 is 4.39 Å². The molecule has 1 aromatic carbocycles. The van der Waals surface area contributed by atoms with Crippen molar-refractivity contribution in [2.75, 3.05) is 44.3 Å². The fourth-order valence-electron chi connectivity index (χ4n) is 8.82. The number of nitrogens with zero attached hydrogens (tertiary/aromatic N) is 6. The molecule has 4 atom stereocenters. The van der Waals surface area contributed by atoms with Crippen LogP contribution in [0.25, 0.3) is 33.1 Å². The Labute approximate surface area is 264 Å². The number of rotatable bonds is 3. The molecule has 1 aliphatic carbocycles. The van der Waals surface area contributed by atoms with E-state index < -0.39 is 29.2 Å². The van der Waals surface area contributed by atoms with Gasteiger partial charge in [0.1, 0.15) is 29.8 Å². The molecule has 10 rings (SSSR count). The zero-order valence-electron chi connectivity index (χ0n) is 25.7. The molecular formula is C33H36F2N8O3. The van der Waals surface area contributed by atoms with Crippen molar-refractivity contribution in [2.45, 2.75) is 75.0 Å². The minimum atomic E-state index is -0.896. The highest BCUT2D eigenvalue weighted by Crippen LogP contribution is 2.47. The highest BCUT2D eigenvalue weighted by Gasteiger charge is 2.49. The zero-order chi connectivity index (χ0) is 31.2. The largest absolute Gasteiger partial charge is 0.461 e. The molecule has 46 heavy (non-hydrogen) atoms. The van der Waals surface area contributed by atoms with Crippen molar-refractivity contribution >= 4 is 33.7 Å². The first-order chi connectivity index (χ1) is 22.3. The Bertz CT molecular complexity index is 1900. The lowest BCUT2D eigenvalue weighted by molar-refractivity contribution is 0.107. The van der Waals surface area contributed by atoms with Crippen molar-refractivity contribution in [2.24, 2.45) is 0 Å². The van der Waals surface area contributed by atoms with Crippen LogP contribution < -0.4 is 15.0 Å². The highest BCUT2D eigenvalue weighted by atomic mass is 19.1. The van der Waals surface area contributed by atoms with Gasteiger partial charge in [-0.2, -0.15) is 15.1 Å². The van der Waals surface area contributed by atoms with Gasteiger partial charge >= 0.3 is 12.1 Å². The zero-order valence-corrected chi connectivity index (χ0v) is 25.7. The maximum absolute atomic E-state index is 17.1. The lowest BCUT2D eigenvalue weighted by Gasteiger charge is -2.31. The maximum Gasteiger partial charge on any atom is 0.407 e. The summed E-state index contributed by atoms with van der Waals surface area (Å²) in [6.07, 6.45) is 7.18. The maximum atomic E-state index is 17.1. The van der Waals surface area contributed by atoms with Crippen LogP contribution in [0, 0.1) is 5.82 Å². The molecule has 8 heterocycles. The van der Waals surface area contributed by atoms with Gasteiger partial charge in [-0.1, -0.05) is 0 Å². The quantitative estimate of drug-likeness (QED) is 0.329. The third kappa shape index (κ3) is 4.34. The number of amides is 1. The number of aromatic nitrogens is 5. The molecule has 0 spiro atoms. The topological polar surface area (TPSA) is 121 Å². The van der Waals surface area contributed by atoms with Crippen LogP contribution in [0.4, 0.5) is 19.4 Å². The van der Waals surface area contributed by atoms with Crippen LogP contribution in [0.1, 0.15) is 62.5 Å². The first-order valence-electron chi connectivity index (χ1n) is 16.4. The monoisotopic (exact) mass is 630 g/mol. The summed E-state index contributed by atoms with van der Waals surface area (Å²) in [4.78, 5) is 31.4. The van der Waals surface area contributed by atoms with Gasteiger partial charge in [-0.25, -0.2) is 13.6 Å². The smallest absolute Gasteiger partial charge is 0.407 e. The number of H-pyrrole nitrogens is 1. The van der Waals surface area contributed by atoms with E-state index in [0.717, 1.165) is 54.3 Å². The molecule has 3 fully saturated rings. The lowest BCUT2D eigenvalue weighted by atomic mass is 9.89. The Hall–Kier alpha value is -4.13. The van der Waals surface area contributed by atoms with Crippen molar-refractivity contribution in [1.82, 2.24) is 35.4 Å². The van der Waals surface area contributed by atoms with Crippen molar-refractivity contribution in [3.05, 3.63) is 35.4 Å². The molecule has 3 saturated heterocycles. The number of aromatic amines is 1. The Balaban J connectivity index is 1.22. The molecule has 3 aromatic heterocycles. The van der Waals surface area contributed by atoms with Crippen LogP contribution in [0.5, 0.6) is 6.01 Å². The Kier molecular flexibility index (Phi) is 6.23. The second kappa shape index (κ2) is 10.2. The van der Waals surface area contributed by atoms with Gasteiger partial charge in [0, 0.05) is 43.2 Å². The van der Waals surface area contributed by atoms with Gasteiger partial charge in [0.2, 0.25) is 0 Å². The van der Waals surface area contributed by atoms with Crippen LogP contribution in [0.15, 0.2) is 18.5 Å². The molecule has 2 N–H and O–H groups in total. The van der Waals surface area contributed by atoms with Gasteiger partial charge in [-0.05, 0) is 75.1 Å². The number of alkyl carbamates (subject to hydrolysis) is 1. The summed E-state index contributed by atoms with van der Waals surface area (Å²) in [6, 6.07) is 2.13. The van der Waals surface area contributed by atoms with E-state index in [-0.39, 0.29) is 36.4 Å². The van der Waals surface area contributed by atoms with E-state index in [1.807, 2.05) is 11.8 Å². The number of benzene rings is 1. The second-order valence-electron chi connectivity index (χ2n) is 14.0. The van der Waals surface area contributed by atoms with Gasteiger partial charge in [-0.3, -0.25) is 15.0 Å². The van der Waals surface area contributed by atoms with E-state index in [1.54, 1.807) is 12.4 Å². The van der Waals surface area contributed by atoms with E-state index in [9.17, 15) is 9.18 Å². The molecular weight excluding hydrogens is 594 g/mol. The van der Waals surface area contributed by atoms with Gasteiger partial charge in [0.25, 0.3) is 0 Å². The first-order valence-corrected chi connectivity index (χ1v) is 16.4. The van der Waals surface area contributed by atoms with E-state index in [2.05, 4.69) is 31.5 Å². The molecule has 11 nitrogen and oxygen atoms in total. The van der Waals surface area contributed by atoms with Gasteiger partial charge in [0.15, 0.2) is 5.82 Å². The molecule has 1 amide bonds. The van der Waals surface area contributed by atoms with Crippen LogP contribution in [-0.4, -0.2) is 92.8 Å². The number of ether oxygens (including phenoxy) is 2. The molecule has 240 valence electrons. The normalized spacial score (nSPS) is 29.1. The summed E-state index contributed by atoms with van der Waals surface area (Å²) in [7, 11) is 0. The van der Waals surface area contributed by atoms with Crippen molar-refractivity contribution < 1.29 is 23.0 Å².